The average molecular weight is 268 g/mol. The topological polar surface area (TPSA) is 29.5 Å². The van der Waals surface area contributed by atoms with E-state index in [9.17, 15) is 5.11 Å². The number of hydrogen-bond acceptors (Lipinski definition) is 2. The molecule has 0 saturated carbocycles. The van der Waals surface area contributed by atoms with Crippen molar-refractivity contribution in [2.45, 2.75) is 31.8 Å². The van der Waals surface area contributed by atoms with Crippen molar-refractivity contribution in [1.82, 2.24) is 0 Å². The van der Waals surface area contributed by atoms with Crippen LogP contribution in [-0.2, 0) is 19.3 Å². The zero-order chi connectivity index (χ0) is 13.9. The number of para-hydroxylation sites is 1. The molecule has 2 nitrogen and oxygen atoms in total. The van der Waals surface area contributed by atoms with Crippen molar-refractivity contribution < 1.29 is 9.84 Å². The quantitative estimate of drug-likeness (QED) is 0.920. The first-order valence-electron chi connectivity index (χ1n) is 7.19. The van der Waals surface area contributed by atoms with E-state index in [0.717, 1.165) is 23.3 Å². The minimum Gasteiger partial charge on any atom is -0.496 e. The van der Waals surface area contributed by atoms with Crippen LogP contribution in [0, 0.1) is 0 Å². The van der Waals surface area contributed by atoms with Crippen molar-refractivity contribution in [2.75, 3.05) is 7.11 Å². The fourth-order valence-corrected chi connectivity index (χ4v) is 3.00. The molecule has 104 valence electrons. The number of aryl methyl sites for hydroxylation is 2. The van der Waals surface area contributed by atoms with E-state index in [1.807, 2.05) is 24.3 Å². The highest BCUT2D eigenvalue weighted by Gasteiger charge is 2.16. The molecule has 2 heteroatoms. The highest BCUT2D eigenvalue weighted by atomic mass is 16.5. The van der Waals surface area contributed by atoms with E-state index < -0.39 is 6.10 Å². The normalized spacial score (nSPS) is 14.9. The lowest BCUT2D eigenvalue weighted by Crippen LogP contribution is -2.04. The van der Waals surface area contributed by atoms with Crippen molar-refractivity contribution in [3.63, 3.8) is 0 Å². The standard InChI is InChI=1S/C18H20O2/c1-20-18-8-3-2-5-16(18)12-17(19)15-10-9-13-6-4-7-14(13)11-15/h2-3,5,8-11,17,19H,4,6-7,12H2,1H3. The summed E-state index contributed by atoms with van der Waals surface area (Å²) in [7, 11) is 1.67. The van der Waals surface area contributed by atoms with Gasteiger partial charge < -0.3 is 9.84 Å². The van der Waals surface area contributed by atoms with Crippen molar-refractivity contribution in [2.24, 2.45) is 0 Å². The molecule has 2 aromatic carbocycles. The minimum absolute atomic E-state index is 0.475. The number of aliphatic hydroxyl groups is 1. The van der Waals surface area contributed by atoms with E-state index in [1.54, 1.807) is 7.11 Å². The Bertz CT molecular complexity index is 604. The molecule has 3 rings (SSSR count). The van der Waals surface area contributed by atoms with Gasteiger partial charge in [0.1, 0.15) is 5.75 Å². The molecule has 0 aliphatic heterocycles. The van der Waals surface area contributed by atoms with Crippen molar-refractivity contribution >= 4 is 0 Å². The third kappa shape index (κ3) is 2.56. The molecule has 0 aromatic heterocycles. The Hall–Kier alpha value is -1.80. The van der Waals surface area contributed by atoms with E-state index in [4.69, 9.17) is 4.74 Å². The van der Waals surface area contributed by atoms with Gasteiger partial charge in [0, 0.05) is 6.42 Å². The van der Waals surface area contributed by atoms with Crippen LogP contribution in [0.3, 0.4) is 0 Å². The van der Waals surface area contributed by atoms with Crippen LogP contribution in [-0.4, -0.2) is 12.2 Å². The fraction of sp³-hybridized carbons (Fsp3) is 0.333. The van der Waals surface area contributed by atoms with Crippen LogP contribution in [0.25, 0.3) is 0 Å². The van der Waals surface area contributed by atoms with Gasteiger partial charge in [0.2, 0.25) is 0 Å². The minimum atomic E-state index is -0.475. The van der Waals surface area contributed by atoms with E-state index in [-0.39, 0.29) is 0 Å². The average Bonchev–Trinajstić information content (AvgIpc) is 2.95. The third-order valence-electron chi connectivity index (χ3n) is 4.11. The van der Waals surface area contributed by atoms with Gasteiger partial charge in [0.15, 0.2) is 0 Å². The fourth-order valence-electron chi connectivity index (χ4n) is 3.00. The lowest BCUT2D eigenvalue weighted by molar-refractivity contribution is 0.177. The van der Waals surface area contributed by atoms with Crippen LogP contribution >= 0.6 is 0 Å². The number of benzene rings is 2. The number of hydrogen-bond donors (Lipinski definition) is 1. The Morgan fingerprint density at radius 3 is 2.75 bits per heavy atom. The van der Waals surface area contributed by atoms with E-state index in [0.29, 0.717) is 6.42 Å². The van der Waals surface area contributed by atoms with Gasteiger partial charge in [0.25, 0.3) is 0 Å². The van der Waals surface area contributed by atoms with Crippen molar-refractivity contribution in [3.8, 4) is 5.75 Å². The molecule has 0 amide bonds. The SMILES string of the molecule is COc1ccccc1CC(O)c1ccc2c(c1)CCC2. The second-order valence-electron chi connectivity index (χ2n) is 5.41. The summed E-state index contributed by atoms with van der Waals surface area (Å²) in [4.78, 5) is 0. The lowest BCUT2D eigenvalue weighted by Gasteiger charge is -2.15. The summed E-state index contributed by atoms with van der Waals surface area (Å²) in [5.41, 5.74) is 4.90. The summed E-state index contributed by atoms with van der Waals surface area (Å²) in [6.45, 7) is 0. The molecule has 1 aliphatic rings. The van der Waals surface area contributed by atoms with Gasteiger partial charge in [-0.3, -0.25) is 0 Å². The number of rotatable bonds is 4. The third-order valence-corrected chi connectivity index (χ3v) is 4.11. The molecular formula is C18H20O2. The molecule has 0 radical (unpaired) electrons. The molecule has 1 unspecified atom stereocenters. The van der Waals surface area contributed by atoms with Crippen LogP contribution in [0.15, 0.2) is 42.5 Å². The Kier molecular flexibility index (Phi) is 3.75. The van der Waals surface area contributed by atoms with Crippen LogP contribution < -0.4 is 4.74 Å². The zero-order valence-corrected chi connectivity index (χ0v) is 11.8. The molecular weight excluding hydrogens is 248 g/mol. The van der Waals surface area contributed by atoms with Gasteiger partial charge in [-0.15, -0.1) is 0 Å². The van der Waals surface area contributed by atoms with Crippen molar-refractivity contribution in [3.05, 3.63) is 64.7 Å². The predicted octanol–water partition coefficient (Wildman–Crippen LogP) is 3.46. The van der Waals surface area contributed by atoms with E-state index >= 15 is 0 Å². The molecule has 0 bridgehead atoms. The molecule has 1 N–H and O–H groups in total. The molecule has 0 spiro atoms. The highest BCUT2D eigenvalue weighted by Crippen LogP contribution is 2.28. The van der Waals surface area contributed by atoms with Crippen LogP contribution in [0.4, 0.5) is 0 Å². The van der Waals surface area contributed by atoms with E-state index in [1.165, 1.54) is 24.0 Å². The monoisotopic (exact) mass is 268 g/mol. The van der Waals surface area contributed by atoms with Crippen molar-refractivity contribution in [1.29, 1.82) is 0 Å². The number of ether oxygens (including phenoxy) is 1. The summed E-state index contributed by atoms with van der Waals surface area (Å²) in [6.07, 6.45) is 3.67. The predicted molar refractivity (Wildman–Crippen MR) is 80.1 cm³/mol. The van der Waals surface area contributed by atoms with Gasteiger partial charge >= 0.3 is 0 Å². The van der Waals surface area contributed by atoms with Crippen LogP contribution in [0.5, 0.6) is 5.75 Å². The Labute approximate surface area is 120 Å². The zero-order valence-electron chi connectivity index (χ0n) is 11.8. The number of fused-ring (bicyclic) bond motifs is 1. The first-order valence-corrected chi connectivity index (χ1v) is 7.19. The maximum atomic E-state index is 10.5. The van der Waals surface area contributed by atoms with Gasteiger partial charge in [-0.1, -0.05) is 36.4 Å². The maximum Gasteiger partial charge on any atom is 0.122 e. The van der Waals surface area contributed by atoms with Crippen LogP contribution in [0.2, 0.25) is 0 Å². The van der Waals surface area contributed by atoms with E-state index in [2.05, 4.69) is 18.2 Å². The van der Waals surface area contributed by atoms with Gasteiger partial charge in [-0.05, 0) is 47.6 Å². The summed E-state index contributed by atoms with van der Waals surface area (Å²) in [5.74, 6) is 0.840. The first-order chi connectivity index (χ1) is 9.78. The molecule has 1 atom stereocenters. The van der Waals surface area contributed by atoms with Gasteiger partial charge in [-0.25, -0.2) is 0 Å². The molecule has 0 fully saturated rings. The summed E-state index contributed by atoms with van der Waals surface area (Å²) >= 11 is 0. The molecule has 1 aliphatic carbocycles. The second kappa shape index (κ2) is 5.68. The lowest BCUT2D eigenvalue weighted by atomic mass is 9.97. The van der Waals surface area contributed by atoms with Gasteiger partial charge in [0.05, 0.1) is 13.2 Å². The Morgan fingerprint density at radius 1 is 1.10 bits per heavy atom. The largest absolute Gasteiger partial charge is 0.496 e. The Balaban J connectivity index is 1.81. The summed E-state index contributed by atoms with van der Waals surface area (Å²) in [6, 6.07) is 14.3. The smallest absolute Gasteiger partial charge is 0.122 e. The molecule has 20 heavy (non-hydrogen) atoms. The molecule has 0 heterocycles. The van der Waals surface area contributed by atoms with Gasteiger partial charge in [-0.2, -0.15) is 0 Å². The molecule has 0 saturated heterocycles. The molecule has 2 aromatic rings. The first kappa shape index (κ1) is 13.2. The number of methoxy groups -OCH3 is 1. The van der Waals surface area contributed by atoms with Crippen LogP contribution in [0.1, 0.15) is 34.8 Å². The maximum absolute atomic E-state index is 10.5. The Morgan fingerprint density at radius 2 is 1.90 bits per heavy atom. The number of aliphatic hydroxyl groups excluding tert-OH is 1. The highest BCUT2D eigenvalue weighted by molar-refractivity contribution is 5.38. The second-order valence-corrected chi connectivity index (χ2v) is 5.41. The summed E-state index contributed by atoms with van der Waals surface area (Å²) < 4.78 is 5.34. The summed E-state index contributed by atoms with van der Waals surface area (Å²) in [5, 5.41) is 10.5.